The average Bonchev–Trinajstić information content (AvgIpc) is 3.27. The van der Waals surface area contributed by atoms with Crippen LogP contribution in [-0.4, -0.2) is 14.5 Å². The van der Waals surface area contributed by atoms with Gasteiger partial charge in [-0.15, -0.1) is 0 Å². The first-order valence-electron chi connectivity index (χ1n) is 11.9. The number of fused-ring (bicyclic) bond motifs is 4. The zero-order valence-electron chi connectivity index (χ0n) is 19.3. The van der Waals surface area contributed by atoms with Gasteiger partial charge in [0.15, 0.2) is 5.82 Å². The number of hydrogen-bond acceptors (Lipinski definition) is 2. The molecular weight excluding hydrogens is 462 g/mol. The first-order chi connectivity index (χ1) is 17.8. The predicted octanol–water partition coefficient (Wildman–Crippen LogP) is 8.71. The fourth-order valence-electron chi connectivity index (χ4n) is 4.95. The lowest BCUT2D eigenvalue weighted by molar-refractivity contribution is 1.15. The van der Waals surface area contributed by atoms with E-state index in [2.05, 4.69) is 95.6 Å². The van der Waals surface area contributed by atoms with Crippen molar-refractivity contribution >= 4 is 44.3 Å². The number of aromatic nitrogens is 3. The molecule has 0 spiro atoms. The molecule has 7 aromatic rings. The second-order valence-electron chi connectivity index (χ2n) is 8.85. The SMILES string of the molecule is Clc1ccc(-c2nc(-c3ccc4ccccc4c3)c3c(n2)c2ccccc2n3-c2ccccc2)cc1. The molecule has 2 heterocycles. The van der Waals surface area contributed by atoms with E-state index in [-0.39, 0.29) is 0 Å². The van der Waals surface area contributed by atoms with Gasteiger partial charge >= 0.3 is 0 Å². The van der Waals surface area contributed by atoms with Gasteiger partial charge in [0.1, 0.15) is 5.52 Å². The molecule has 5 aromatic carbocycles. The van der Waals surface area contributed by atoms with Crippen LogP contribution in [0.4, 0.5) is 0 Å². The highest BCUT2D eigenvalue weighted by molar-refractivity contribution is 6.30. The molecular formula is C32H20ClN3. The summed E-state index contributed by atoms with van der Waals surface area (Å²) in [6.07, 6.45) is 0. The molecule has 0 N–H and O–H groups in total. The Morgan fingerprint density at radius 3 is 2.11 bits per heavy atom. The van der Waals surface area contributed by atoms with Crippen LogP contribution in [0, 0.1) is 0 Å². The monoisotopic (exact) mass is 481 g/mol. The Labute approximate surface area is 213 Å². The van der Waals surface area contributed by atoms with E-state index >= 15 is 0 Å². The number of benzene rings is 5. The van der Waals surface area contributed by atoms with E-state index < -0.39 is 0 Å². The topological polar surface area (TPSA) is 30.7 Å². The van der Waals surface area contributed by atoms with E-state index in [0.717, 1.165) is 44.4 Å². The Balaban J connectivity index is 1.64. The van der Waals surface area contributed by atoms with Crippen molar-refractivity contribution in [3.05, 3.63) is 126 Å². The van der Waals surface area contributed by atoms with Gasteiger partial charge in [-0.1, -0.05) is 84.4 Å². The third-order valence-electron chi connectivity index (χ3n) is 6.65. The minimum Gasteiger partial charge on any atom is -0.306 e. The van der Waals surface area contributed by atoms with E-state index in [1.807, 2.05) is 30.3 Å². The summed E-state index contributed by atoms with van der Waals surface area (Å²) < 4.78 is 2.28. The molecule has 0 fully saturated rings. The smallest absolute Gasteiger partial charge is 0.160 e. The third-order valence-corrected chi connectivity index (χ3v) is 6.90. The summed E-state index contributed by atoms with van der Waals surface area (Å²) in [6, 6.07) is 41.5. The second-order valence-corrected chi connectivity index (χ2v) is 9.29. The van der Waals surface area contributed by atoms with Crippen LogP contribution in [0.15, 0.2) is 121 Å². The van der Waals surface area contributed by atoms with Crippen LogP contribution in [0.25, 0.3) is 61.0 Å². The lowest BCUT2D eigenvalue weighted by atomic mass is 10.0. The van der Waals surface area contributed by atoms with Gasteiger partial charge in [0, 0.05) is 27.2 Å². The summed E-state index contributed by atoms with van der Waals surface area (Å²) >= 11 is 6.18. The van der Waals surface area contributed by atoms with Gasteiger partial charge in [0.05, 0.1) is 16.7 Å². The van der Waals surface area contributed by atoms with Crippen LogP contribution in [-0.2, 0) is 0 Å². The first-order valence-corrected chi connectivity index (χ1v) is 12.3. The molecule has 0 amide bonds. The van der Waals surface area contributed by atoms with Gasteiger partial charge in [0.25, 0.3) is 0 Å². The van der Waals surface area contributed by atoms with Crippen molar-refractivity contribution in [3.63, 3.8) is 0 Å². The van der Waals surface area contributed by atoms with Crippen LogP contribution in [0.2, 0.25) is 5.02 Å². The molecule has 4 heteroatoms. The average molecular weight is 482 g/mol. The molecule has 0 bridgehead atoms. The van der Waals surface area contributed by atoms with Gasteiger partial charge in [-0.25, -0.2) is 9.97 Å². The highest BCUT2D eigenvalue weighted by atomic mass is 35.5. The Bertz CT molecular complexity index is 1890. The maximum absolute atomic E-state index is 6.18. The van der Waals surface area contributed by atoms with Crippen molar-refractivity contribution in [3.8, 4) is 28.3 Å². The number of halogens is 1. The minimum absolute atomic E-state index is 0.679. The van der Waals surface area contributed by atoms with Crippen LogP contribution in [0.5, 0.6) is 0 Å². The molecule has 36 heavy (non-hydrogen) atoms. The molecule has 0 aliphatic carbocycles. The summed E-state index contributed by atoms with van der Waals surface area (Å²) in [7, 11) is 0. The van der Waals surface area contributed by atoms with Gasteiger partial charge < -0.3 is 4.57 Å². The standard InChI is InChI=1S/C32H20ClN3/c33-25-18-16-22(17-19-25)32-34-29(24-15-14-21-8-4-5-9-23(21)20-24)31-30(35-32)27-12-6-7-13-28(27)36(31)26-10-2-1-3-11-26/h1-20H. The Hall–Kier alpha value is -4.47. The summed E-state index contributed by atoms with van der Waals surface area (Å²) in [5.41, 5.74) is 6.98. The normalized spacial score (nSPS) is 11.5. The molecule has 7 rings (SSSR count). The van der Waals surface area contributed by atoms with Gasteiger partial charge in [-0.2, -0.15) is 0 Å². The van der Waals surface area contributed by atoms with Crippen LogP contribution in [0.1, 0.15) is 0 Å². The number of rotatable bonds is 3. The number of hydrogen-bond donors (Lipinski definition) is 0. The zero-order valence-corrected chi connectivity index (χ0v) is 20.0. The van der Waals surface area contributed by atoms with Crippen molar-refractivity contribution in [2.75, 3.05) is 0 Å². The van der Waals surface area contributed by atoms with Crippen molar-refractivity contribution in [1.29, 1.82) is 0 Å². The molecule has 0 aliphatic rings. The van der Waals surface area contributed by atoms with Gasteiger partial charge in [-0.05, 0) is 59.3 Å². The van der Waals surface area contributed by atoms with Crippen molar-refractivity contribution in [2.45, 2.75) is 0 Å². The number of para-hydroxylation sites is 2. The van der Waals surface area contributed by atoms with E-state index in [1.165, 1.54) is 10.8 Å². The fraction of sp³-hybridized carbons (Fsp3) is 0. The molecule has 0 atom stereocenters. The van der Waals surface area contributed by atoms with Crippen LogP contribution < -0.4 is 0 Å². The molecule has 0 aliphatic heterocycles. The van der Waals surface area contributed by atoms with Crippen molar-refractivity contribution in [2.24, 2.45) is 0 Å². The highest BCUT2D eigenvalue weighted by Gasteiger charge is 2.21. The molecule has 3 nitrogen and oxygen atoms in total. The quantitative estimate of drug-likeness (QED) is 0.252. The Kier molecular flexibility index (Phi) is 4.83. The summed E-state index contributed by atoms with van der Waals surface area (Å²) in [4.78, 5) is 10.3. The second kappa shape index (κ2) is 8.33. The largest absolute Gasteiger partial charge is 0.306 e. The third kappa shape index (κ3) is 3.36. The predicted molar refractivity (Wildman–Crippen MR) is 150 cm³/mol. The summed E-state index contributed by atoms with van der Waals surface area (Å²) in [5, 5.41) is 4.16. The molecule has 0 radical (unpaired) electrons. The van der Waals surface area contributed by atoms with Crippen molar-refractivity contribution in [1.82, 2.24) is 14.5 Å². The van der Waals surface area contributed by atoms with Gasteiger partial charge in [-0.3, -0.25) is 0 Å². The zero-order chi connectivity index (χ0) is 24.1. The maximum Gasteiger partial charge on any atom is 0.160 e. The molecule has 0 unspecified atom stereocenters. The summed E-state index contributed by atoms with van der Waals surface area (Å²) in [6.45, 7) is 0. The van der Waals surface area contributed by atoms with Crippen LogP contribution >= 0.6 is 11.6 Å². The van der Waals surface area contributed by atoms with Crippen LogP contribution in [0.3, 0.4) is 0 Å². The van der Waals surface area contributed by atoms with Crippen molar-refractivity contribution < 1.29 is 0 Å². The minimum atomic E-state index is 0.679. The van der Waals surface area contributed by atoms with E-state index in [9.17, 15) is 0 Å². The molecule has 0 saturated carbocycles. The van der Waals surface area contributed by atoms with Gasteiger partial charge in [0.2, 0.25) is 0 Å². The van der Waals surface area contributed by atoms with E-state index in [0.29, 0.717) is 10.8 Å². The highest BCUT2D eigenvalue weighted by Crippen LogP contribution is 2.38. The first kappa shape index (κ1) is 20.9. The maximum atomic E-state index is 6.18. The fourth-order valence-corrected chi connectivity index (χ4v) is 5.08. The lowest BCUT2D eigenvalue weighted by Crippen LogP contribution is -1.99. The summed E-state index contributed by atoms with van der Waals surface area (Å²) in [5.74, 6) is 0.679. The van der Waals surface area contributed by atoms with E-state index in [4.69, 9.17) is 21.6 Å². The van der Waals surface area contributed by atoms with E-state index in [1.54, 1.807) is 0 Å². The number of nitrogens with zero attached hydrogens (tertiary/aromatic N) is 3. The molecule has 2 aromatic heterocycles. The Morgan fingerprint density at radius 2 is 1.28 bits per heavy atom. The molecule has 0 saturated heterocycles. The Morgan fingerprint density at radius 1 is 0.583 bits per heavy atom. The molecule has 170 valence electrons. The lowest BCUT2D eigenvalue weighted by Gasteiger charge is -2.12.